The van der Waals surface area contributed by atoms with E-state index in [1.807, 2.05) is 17.0 Å². The van der Waals surface area contributed by atoms with Gasteiger partial charge in [0.15, 0.2) is 6.29 Å². The van der Waals surface area contributed by atoms with Gasteiger partial charge in [-0.2, -0.15) is 5.10 Å². The number of allylic oxidation sites excluding steroid dienone is 1. The molecule has 16 heavy (non-hydrogen) atoms. The Kier molecular flexibility index (Phi) is 4.47. The molecule has 0 aliphatic carbocycles. The fraction of sp³-hybridized carbons (Fsp3) is 0.538. The molecule has 0 aliphatic heterocycles. The number of carbonyl (C=O) groups is 1. The van der Waals surface area contributed by atoms with Crippen molar-refractivity contribution >= 4 is 6.29 Å². The van der Waals surface area contributed by atoms with E-state index in [1.165, 1.54) is 0 Å². The van der Waals surface area contributed by atoms with Crippen LogP contribution >= 0.6 is 0 Å². The number of aromatic nitrogens is 2. The minimum atomic E-state index is 0.256. The number of carbonyl (C=O) groups excluding carboxylic acids is 1. The van der Waals surface area contributed by atoms with Crippen molar-refractivity contribution in [1.82, 2.24) is 9.78 Å². The molecule has 3 nitrogen and oxygen atoms in total. The second-order valence-corrected chi connectivity index (χ2v) is 4.63. The summed E-state index contributed by atoms with van der Waals surface area (Å²) in [6, 6.07) is 0. The highest BCUT2D eigenvalue weighted by Crippen LogP contribution is 2.20. The lowest BCUT2D eigenvalue weighted by molar-refractivity contribution is 0.112. The molecule has 0 saturated carbocycles. The number of hydrogen-bond acceptors (Lipinski definition) is 2. The Bertz CT molecular complexity index is 366. The van der Waals surface area contributed by atoms with Crippen LogP contribution in [0.1, 0.15) is 49.2 Å². The van der Waals surface area contributed by atoms with Gasteiger partial charge in [-0.3, -0.25) is 9.48 Å². The first kappa shape index (κ1) is 12.7. The Balaban J connectivity index is 2.93. The fourth-order valence-corrected chi connectivity index (χ4v) is 1.75. The van der Waals surface area contributed by atoms with Crippen LogP contribution in [0.15, 0.2) is 18.9 Å². The van der Waals surface area contributed by atoms with E-state index in [4.69, 9.17) is 0 Å². The summed E-state index contributed by atoms with van der Waals surface area (Å²) in [5.41, 5.74) is 1.59. The van der Waals surface area contributed by atoms with Crippen molar-refractivity contribution < 1.29 is 4.79 Å². The molecule has 0 bridgehead atoms. The van der Waals surface area contributed by atoms with Gasteiger partial charge in [-0.15, -0.1) is 6.58 Å². The van der Waals surface area contributed by atoms with Gasteiger partial charge in [0.05, 0.1) is 11.3 Å². The summed E-state index contributed by atoms with van der Waals surface area (Å²) in [6.07, 6.45) is 5.43. The smallest absolute Gasteiger partial charge is 0.153 e. The predicted molar refractivity (Wildman–Crippen MR) is 65.7 cm³/mol. The Labute approximate surface area is 97.2 Å². The number of rotatable bonds is 6. The molecule has 0 aromatic carbocycles. The molecule has 1 rings (SSSR count). The third-order valence-corrected chi connectivity index (χ3v) is 2.49. The number of nitrogens with zero attached hydrogens (tertiary/aromatic N) is 2. The van der Waals surface area contributed by atoms with Crippen molar-refractivity contribution in [1.29, 1.82) is 0 Å². The van der Waals surface area contributed by atoms with E-state index in [0.717, 1.165) is 24.9 Å². The summed E-state index contributed by atoms with van der Waals surface area (Å²) in [4.78, 5) is 11.0. The zero-order valence-corrected chi connectivity index (χ0v) is 10.3. The molecule has 1 unspecified atom stereocenters. The van der Waals surface area contributed by atoms with E-state index >= 15 is 0 Å². The fourth-order valence-electron chi connectivity index (χ4n) is 1.75. The van der Waals surface area contributed by atoms with Crippen LogP contribution in [0.4, 0.5) is 0 Å². The molecule has 1 aromatic heterocycles. The predicted octanol–water partition coefficient (Wildman–Crippen LogP) is 3.03. The maximum Gasteiger partial charge on any atom is 0.153 e. The summed E-state index contributed by atoms with van der Waals surface area (Å²) in [7, 11) is 0. The average molecular weight is 220 g/mol. The molecule has 1 atom stereocenters. The van der Waals surface area contributed by atoms with Crippen molar-refractivity contribution in [2.45, 2.75) is 39.7 Å². The molecule has 0 fully saturated rings. The zero-order chi connectivity index (χ0) is 12.1. The van der Waals surface area contributed by atoms with Gasteiger partial charge in [0, 0.05) is 18.7 Å². The largest absolute Gasteiger partial charge is 0.298 e. The van der Waals surface area contributed by atoms with Crippen molar-refractivity contribution in [2.75, 3.05) is 0 Å². The van der Waals surface area contributed by atoms with E-state index in [-0.39, 0.29) is 5.92 Å². The van der Waals surface area contributed by atoms with Gasteiger partial charge in [0.25, 0.3) is 0 Å². The molecular formula is C13H20N2O. The van der Waals surface area contributed by atoms with Gasteiger partial charge in [0.2, 0.25) is 0 Å². The van der Waals surface area contributed by atoms with Crippen LogP contribution in [0.5, 0.6) is 0 Å². The maximum atomic E-state index is 11.0. The second kappa shape index (κ2) is 5.64. The van der Waals surface area contributed by atoms with Crippen LogP contribution in [0.25, 0.3) is 0 Å². The molecule has 3 heteroatoms. The first-order valence-electron chi connectivity index (χ1n) is 5.71. The molecule has 0 radical (unpaired) electrons. The molecule has 88 valence electrons. The van der Waals surface area contributed by atoms with Crippen LogP contribution in [0.3, 0.4) is 0 Å². The van der Waals surface area contributed by atoms with Gasteiger partial charge in [-0.05, 0) is 12.3 Å². The van der Waals surface area contributed by atoms with E-state index < -0.39 is 0 Å². The minimum Gasteiger partial charge on any atom is -0.298 e. The molecule has 1 aromatic rings. The summed E-state index contributed by atoms with van der Waals surface area (Å²) < 4.78 is 1.86. The van der Waals surface area contributed by atoms with Crippen LogP contribution in [-0.2, 0) is 6.54 Å². The molecule has 0 aliphatic rings. The monoisotopic (exact) mass is 220 g/mol. The van der Waals surface area contributed by atoms with E-state index in [0.29, 0.717) is 11.5 Å². The topological polar surface area (TPSA) is 34.9 Å². The lowest BCUT2D eigenvalue weighted by Gasteiger charge is -2.06. The number of hydrogen-bond donors (Lipinski definition) is 0. The van der Waals surface area contributed by atoms with Crippen LogP contribution in [-0.4, -0.2) is 16.1 Å². The Morgan fingerprint density at radius 1 is 1.50 bits per heavy atom. The molecule has 0 spiro atoms. The quantitative estimate of drug-likeness (QED) is 0.545. The van der Waals surface area contributed by atoms with E-state index in [9.17, 15) is 4.79 Å². The molecular weight excluding hydrogens is 200 g/mol. The normalized spacial score (nSPS) is 12.8. The Hall–Kier alpha value is -1.38. The average Bonchev–Trinajstić information content (AvgIpc) is 2.60. The minimum absolute atomic E-state index is 0.256. The van der Waals surface area contributed by atoms with Crippen molar-refractivity contribution in [3.8, 4) is 0 Å². The van der Waals surface area contributed by atoms with Gasteiger partial charge < -0.3 is 0 Å². The van der Waals surface area contributed by atoms with Crippen LogP contribution < -0.4 is 0 Å². The maximum absolute atomic E-state index is 11.0. The first-order chi connectivity index (χ1) is 7.58. The summed E-state index contributed by atoms with van der Waals surface area (Å²) in [6.45, 7) is 10.9. The highest BCUT2D eigenvalue weighted by atomic mass is 16.1. The van der Waals surface area contributed by atoms with Gasteiger partial charge in [0.1, 0.15) is 0 Å². The third-order valence-electron chi connectivity index (χ3n) is 2.49. The summed E-state index contributed by atoms with van der Waals surface area (Å²) in [5, 5.41) is 4.48. The van der Waals surface area contributed by atoms with Crippen molar-refractivity contribution in [3.05, 3.63) is 30.1 Å². The Morgan fingerprint density at radius 2 is 2.19 bits per heavy atom. The highest BCUT2D eigenvalue weighted by Gasteiger charge is 2.14. The van der Waals surface area contributed by atoms with E-state index in [1.54, 1.807) is 0 Å². The lowest BCUT2D eigenvalue weighted by atomic mass is 10.0. The second-order valence-electron chi connectivity index (χ2n) is 4.63. The van der Waals surface area contributed by atoms with Crippen molar-refractivity contribution in [3.63, 3.8) is 0 Å². The lowest BCUT2D eigenvalue weighted by Crippen LogP contribution is -2.05. The van der Waals surface area contributed by atoms with Crippen LogP contribution in [0.2, 0.25) is 0 Å². The zero-order valence-electron chi connectivity index (χ0n) is 10.3. The Morgan fingerprint density at radius 3 is 2.69 bits per heavy atom. The van der Waals surface area contributed by atoms with Gasteiger partial charge in [-0.25, -0.2) is 0 Å². The van der Waals surface area contributed by atoms with Gasteiger partial charge in [-0.1, -0.05) is 26.8 Å². The summed E-state index contributed by atoms with van der Waals surface area (Å²) in [5.74, 6) is 0.785. The molecule has 0 amide bonds. The number of aldehydes is 1. The first-order valence-corrected chi connectivity index (χ1v) is 5.71. The van der Waals surface area contributed by atoms with E-state index in [2.05, 4.69) is 32.4 Å². The molecule has 0 saturated heterocycles. The summed E-state index contributed by atoms with van der Waals surface area (Å²) >= 11 is 0. The SMILES string of the molecule is C=CCC(C)c1nn(CC(C)C)cc1C=O. The van der Waals surface area contributed by atoms with Crippen molar-refractivity contribution in [2.24, 2.45) is 5.92 Å². The molecule has 0 N–H and O–H groups in total. The van der Waals surface area contributed by atoms with Gasteiger partial charge >= 0.3 is 0 Å². The molecule has 1 heterocycles. The standard InChI is InChI=1S/C13H20N2O/c1-5-6-11(4)13-12(9-16)8-15(14-13)7-10(2)3/h5,8-11H,1,6-7H2,2-4H3. The van der Waals surface area contributed by atoms with Crippen LogP contribution in [0, 0.1) is 5.92 Å². The highest BCUT2D eigenvalue weighted by molar-refractivity contribution is 5.76. The third kappa shape index (κ3) is 3.05.